The van der Waals surface area contributed by atoms with Gasteiger partial charge in [0, 0.05) is 19.5 Å². The minimum absolute atomic E-state index is 0. The summed E-state index contributed by atoms with van der Waals surface area (Å²) in [5.74, 6) is 0.809. The number of para-hydroxylation sites is 2. The Kier molecular flexibility index (Phi) is 6.18. The molecule has 0 fully saturated rings. The summed E-state index contributed by atoms with van der Waals surface area (Å²) in [6.45, 7) is 0. The molecule has 0 spiro atoms. The monoisotopic (exact) mass is 290 g/mol. The van der Waals surface area contributed by atoms with Crippen LogP contribution >= 0.6 is 8.60 Å². The molecule has 74 valence electrons. The first-order valence-electron chi connectivity index (χ1n) is 3.23. The molecule has 4 nitrogen and oxygen atoms in total. The Bertz CT molecular complexity index is 256. The van der Waals surface area contributed by atoms with E-state index in [0.717, 1.165) is 0 Å². The van der Waals surface area contributed by atoms with Crippen LogP contribution in [-0.2, 0) is 19.5 Å². The van der Waals surface area contributed by atoms with E-state index in [2.05, 4.69) is 4.52 Å². The van der Waals surface area contributed by atoms with Gasteiger partial charge < -0.3 is 19.0 Å². The van der Waals surface area contributed by atoms with E-state index < -0.39 is 8.60 Å². The van der Waals surface area contributed by atoms with Gasteiger partial charge in [0.25, 0.3) is 0 Å². The second kappa shape index (κ2) is 6.28. The Balaban J connectivity index is 0.00000144. The largest absolute Gasteiger partial charge is 0.493 e. The molecular weight excluding hydrogens is 280 g/mol. The van der Waals surface area contributed by atoms with Crippen molar-refractivity contribution in [1.82, 2.24) is 0 Å². The number of hydrogen-bond acceptors (Lipinski definition) is 4. The van der Waals surface area contributed by atoms with E-state index in [4.69, 9.17) is 14.5 Å². The Hall–Kier alpha value is -0.207. The van der Waals surface area contributed by atoms with Gasteiger partial charge in [-0.05, 0) is 12.1 Å². The van der Waals surface area contributed by atoms with Gasteiger partial charge in [-0.15, -0.1) is 0 Å². The molecule has 0 amide bonds. The Morgan fingerprint density at radius 2 is 1.69 bits per heavy atom. The average Bonchev–Trinajstić information content (AvgIpc) is 2.04. The molecule has 0 bridgehead atoms. The number of ether oxygens (including phenoxy) is 1. The molecule has 0 saturated carbocycles. The standard InChI is InChI=1S/C7H9O4P.Ru/c1-10-6-4-2-3-5-7(6)11-12(8)9;/h2-5,8-9H,1H3;. The first kappa shape index (κ1) is 12.8. The minimum atomic E-state index is -2.38. The van der Waals surface area contributed by atoms with Crippen molar-refractivity contribution in [3.05, 3.63) is 24.3 Å². The Morgan fingerprint density at radius 1 is 1.15 bits per heavy atom. The fourth-order valence-corrected chi connectivity index (χ4v) is 1.11. The Morgan fingerprint density at radius 3 is 2.15 bits per heavy atom. The Labute approximate surface area is 90.3 Å². The van der Waals surface area contributed by atoms with E-state index in [0.29, 0.717) is 11.5 Å². The van der Waals surface area contributed by atoms with Gasteiger partial charge in [0.2, 0.25) is 0 Å². The van der Waals surface area contributed by atoms with Gasteiger partial charge in [0.1, 0.15) is 0 Å². The second-order valence-corrected chi connectivity index (χ2v) is 2.68. The first-order valence-corrected chi connectivity index (χ1v) is 4.39. The van der Waals surface area contributed by atoms with Crippen LogP contribution in [0.3, 0.4) is 0 Å². The third-order valence-corrected chi connectivity index (χ3v) is 1.61. The normalized spacial score (nSPS) is 9.23. The summed E-state index contributed by atoms with van der Waals surface area (Å²) in [5.41, 5.74) is 0. The molecule has 1 aromatic rings. The zero-order chi connectivity index (χ0) is 8.97. The summed E-state index contributed by atoms with van der Waals surface area (Å²) in [4.78, 5) is 17.1. The third kappa shape index (κ3) is 4.01. The molecule has 0 aliphatic carbocycles. The fraction of sp³-hybridized carbons (Fsp3) is 0.143. The smallest absolute Gasteiger partial charge is 0.391 e. The number of rotatable bonds is 3. The maximum Gasteiger partial charge on any atom is 0.391 e. The van der Waals surface area contributed by atoms with Gasteiger partial charge in [-0.1, -0.05) is 12.1 Å². The predicted octanol–water partition coefficient (Wildman–Crippen LogP) is 1.28. The fourth-order valence-electron chi connectivity index (χ4n) is 0.782. The van der Waals surface area contributed by atoms with Crippen LogP contribution in [-0.4, -0.2) is 16.9 Å². The number of benzene rings is 1. The van der Waals surface area contributed by atoms with Crippen molar-refractivity contribution in [1.29, 1.82) is 0 Å². The van der Waals surface area contributed by atoms with Crippen molar-refractivity contribution >= 4 is 8.60 Å². The summed E-state index contributed by atoms with van der Waals surface area (Å²) in [6.07, 6.45) is 0. The molecule has 0 aliphatic rings. The summed E-state index contributed by atoms with van der Waals surface area (Å²) in [6, 6.07) is 6.76. The molecule has 1 rings (SSSR count). The molecule has 0 aliphatic heterocycles. The topological polar surface area (TPSA) is 58.9 Å². The van der Waals surface area contributed by atoms with E-state index in [1.54, 1.807) is 24.3 Å². The summed E-state index contributed by atoms with van der Waals surface area (Å²) in [5, 5.41) is 0. The van der Waals surface area contributed by atoms with Crippen molar-refractivity contribution in [3.63, 3.8) is 0 Å². The zero-order valence-electron chi connectivity index (χ0n) is 6.82. The first-order chi connectivity index (χ1) is 5.74. The molecule has 1 aromatic carbocycles. The van der Waals surface area contributed by atoms with Gasteiger partial charge in [0.05, 0.1) is 7.11 Å². The minimum Gasteiger partial charge on any atom is -0.493 e. The summed E-state index contributed by atoms with van der Waals surface area (Å²) in [7, 11) is -0.893. The average molecular weight is 289 g/mol. The van der Waals surface area contributed by atoms with E-state index >= 15 is 0 Å². The SMILES string of the molecule is COc1ccccc1OP(O)O.[Ru]. The molecule has 0 aromatic heterocycles. The third-order valence-electron chi connectivity index (χ3n) is 1.25. The van der Waals surface area contributed by atoms with Crippen LogP contribution in [0.1, 0.15) is 0 Å². The second-order valence-electron chi connectivity index (χ2n) is 1.99. The van der Waals surface area contributed by atoms with Crippen LogP contribution in [0.4, 0.5) is 0 Å². The molecule has 0 heterocycles. The molecular formula is C7H9O4PRu. The van der Waals surface area contributed by atoms with Gasteiger partial charge in [-0.2, -0.15) is 0 Å². The van der Waals surface area contributed by atoms with Crippen molar-refractivity contribution in [2.45, 2.75) is 0 Å². The number of hydrogen-bond donors (Lipinski definition) is 2. The van der Waals surface area contributed by atoms with Crippen molar-refractivity contribution in [2.24, 2.45) is 0 Å². The maximum atomic E-state index is 8.57. The van der Waals surface area contributed by atoms with Crippen LogP contribution in [0.25, 0.3) is 0 Å². The summed E-state index contributed by atoms with van der Waals surface area (Å²) < 4.78 is 9.60. The van der Waals surface area contributed by atoms with Crippen molar-refractivity contribution in [2.75, 3.05) is 7.11 Å². The van der Waals surface area contributed by atoms with Crippen molar-refractivity contribution in [3.8, 4) is 11.5 Å². The van der Waals surface area contributed by atoms with Gasteiger partial charge in [-0.25, -0.2) is 0 Å². The molecule has 2 N–H and O–H groups in total. The van der Waals surface area contributed by atoms with E-state index in [9.17, 15) is 0 Å². The molecule has 0 atom stereocenters. The van der Waals surface area contributed by atoms with Crippen LogP contribution in [0.5, 0.6) is 11.5 Å². The van der Waals surface area contributed by atoms with Crippen LogP contribution in [0.15, 0.2) is 24.3 Å². The quantitative estimate of drug-likeness (QED) is 0.650. The molecule has 0 unspecified atom stereocenters. The molecule has 13 heavy (non-hydrogen) atoms. The molecule has 6 heteroatoms. The van der Waals surface area contributed by atoms with Crippen LogP contribution < -0.4 is 9.26 Å². The van der Waals surface area contributed by atoms with E-state index in [-0.39, 0.29) is 19.5 Å². The van der Waals surface area contributed by atoms with Crippen LogP contribution in [0, 0.1) is 0 Å². The zero-order valence-corrected chi connectivity index (χ0v) is 9.45. The van der Waals surface area contributed by atoms with Crippen LogP contribution in [0.2, 0.25) is 0 Å². The van der Waals surface area contributed by atoms with Gasteiger partial charge in [0.15, 0.2) is 11.5 Å². The van der Waals surface area contributed by atoms with E-state index in [1.165, 1.54) is 7.11 Å². The molecule has 0 saturated heterocycles. The van der Waals surface area contributed by atoms with Gasteiger partial charge in [-0.3, -0.25) is 0 Å². The maximum absolute atomic E-state index is 8.57. The predicted molar refractivity (Wildman–Crippen MR) is 45.0 cm³/mol. The number of methoxy groups -OCH3 is 1. The van der Waals surface area contributed by atoms with Crippen molar-refractivity contribution < 1.29 is 38.5 Å². The van der Waals surface area contributed by atoms with E-state index in [1.807, 2.05) is 0 Å². The van der Waals surface area contributed by atoms with Gasteiger partial charge >= 0.3 is 8.60 Å². The summed E-state index contributed by atoms with van der Waals surface area (Å²) >= 11 is 0. The molecule has 0 radical (unpaired) electrons.